The zero-order valence-corrected chi connectivity index (χ0v) is 9.51. The van der Waals surface area contributed by atoms with E-state index in [9.17, 15) is 13.2 Å². The standard InChI is InChI=1S/C9H16N2O3S/c1-2-3-5-10-9(12)11-8-4-6-15(13,14)7-8/h3,5,8H,2,4,6-7H2,1H3,(H2,10,11,12)/b5-3+. The van der Waals surface area contributed by atoms with E-state index >= 15 is 0 Å². The van der Waals surface area contributed by atoms with Gasteiger partial charge in [0.25, 0.3) is 0 Å². The molecule has 0 saturated carbocycles. The van der Waals surface area contributed by atoms with Crippen LogP contribution in [0.3, 0.4) is 0 Å². The van der Waals surface area contributed by atoms with Gasteiger partial charge in [-0.2, -0.15) is 0 Å². The van der Waals surface area contributed by atoms with Gasteiger partial charge in [0, 0.05) is 12.2 Å². The molecule has 5 nitrogen and oxygen atoms in total. The minimum Gasteiger partial charge on any atom is -0.334 e. The first-order valence-electron chi connectivity index (χ1n) is 4.96. The van der Waals surface area contributed by atoms with Gasteiger partial charge in [-0.05, 0) is 12.8 Å². The predicted octanol–water partition coefficient (Wildman–Crippen LogP) is 0.396. The highest BCUT2D eigenvalue weighted by Crippen LogP contribution is 2.10. The Morgan fingerprint density at radius 1 is 1.53 bits per heavy atom. The second-order valence-corrected chi connectivity index (χ2v) is 5.76. The van der Waals surface area contributed by atoms with Crippen LogP contribution >= 0.6 is 0 Å². The van der Waals surface area contributed by atoms with Gasteiger partial charge in [0.2, 0.25) is 0 Å². The number of carbonyl (C=O) groups is 1. The highest BCUT2D eigenvalue weighted by atomic mass is 32.2. The molecule has 1 rings (SSSR count). The van der Waals surface area contributed by atoms with Crippen LogP contribution in [0.5, 0.6) is 0 Å². The Hall–Kier alpha value is -1.04. The lowest BCUT2D eigenvalue weighted by atomic mass is 10.3. The first kappa shape index (κ1) is 12.0. The number of carbonyl (C=O) groups excluding carboxylic acids is 1. The van der Waals surface area contributed by atoms with E-state index in [2.05, 4.69) is 10.6 Å². The maximum atomic E-state index is 11.2. The van der Waals surface area contributed by atoms with Crippen LogP contribution in [0.4, 0.5) is 4.79 Å². The fourth-order valence-electron chi connectivity index (χ4n) is 1.39. The minimum absolute atomic E-state index is 0.0535. The summed E-state index contributed by atoms with van der Waals surface area (Å²) in [6, 6.07) is -0.591. The first-order chi connectivity index (χ1) is 7.03. The molecule has 0 spiro atoms. The molecule has 0 aromatic carbocycles. The smallest absolute Gasteiger partial charge is 0.318 e. The molecule has 1 unspecified atom stereocenters. The third-order valence-corrected chi connectivity index (χ3v) is 3.90. The Morgan fingerprint density at radius 3 is 2.80 bits per heavy atom. The summed E-state index contributed by atoms with van der Waals surface area (Å²) < 4.78 is 22.2. The lowest BCUT2D eigenvalue weighted by molar-refractivity contribution is 0.241. The Balaban J connectivity index is 2.31. The van der Waals surface area contributed by atoms with Gasteiger partial charge in [0.15, 0.2) is 9.84 Å². The molecule has 1 heterocycles. The zero-order chi connectivity index (χ0) is 11.3. The molecule has 1 saturated heterocycles. The fraction of sp³-hybridized carbons (Fsp3) is 0.667. The zero-order valence-electron chi connectivity index (χ0n) is 8.69. The number of sulfone groups is 1. The number of nitrogens with one attached hydrogen (secondary N) is 2. The van der Waals surface area contributed by atoms with Crippen LogP contribution in [0.25, 0.3) is 0 Å². The molecule has 0 aliphatic carbocycles. The van der Waals surface area contributed by atoms with E-state index in [1.807, 2.05) is 13.0 Å². The Kier molecular flexibility index (Phi) is 4.14. The van der Waals surface area contributed by atoms with Gasteiger partial charge >= 0.3 is 6.03 Å². The molecular formula is C9H16N2O3S. The van der Waals surface area contributed by atoms with Gasteiger partial charge in [-0.15, -0.1) is 0 Å². The first-order valence-corrected chi connectivity index (χ1v) is 6.78. The molecule has 0 aromatic rings. The average Bonchev–Trinajstić information content (AvgIpc) is 2.46. The van der Waals surface area contributed by atoms with E-state index in [4.69, 9.17) is 0 Å². The van der Waals surface area contributed by atoms with E-state index in [0.29, 0.717) is 6.42 Å². The van der Waals surface area contributed by atoms with Crippen LogP contribution in [0.1, 0.15) is 19.8 Å². The van der Waals surface area contributed by atoms with Crippen LogP contribution in [0.15, 0.2) is 12.3 Å². The van der Waals surface area contributed by atoms with Crippen molar-refractivity contribution in [2.75, 3.05) is 11.5 Å². The normalized spacial score (nSPS) is 24.2. The van der Waals surface area contributed by atoms with Crippen molar-refractivity contribution >= 4 is 15.9 Å². The van der Waals surface area contributed by atoms with Crippen molar-refractivity contribution in [2.24, 2.45) is 0 Å². The summed E-state index contributed by atoms with van der Waals surface area (Å²) in [5, 5.41) is 5.13. The van der Waals surface area contributed by atoms with E-state index in [1.54, 1.807) is 6.20 Å². The van der Waals surface area contributed by atoms with Gasteiger partial charge in [0.1, 0.15) is 0 Å². The highest BCUT2D eigenvalue weighted by molar-refractivity contribution is 7.91. The summed E-state index contributed by atoms with van der Waals surface area (Å²) in [5.74, 6) is 0.223. The molecule has 1 atom stereocenters. The summed E-state index contributed by atoms with van der Waals surface area (Å²) in [4.78, 5) is 11.2. The van der Waals surface area contributed by atoms with E-state index in [-0.39, 0.29) is 23.6 Å². The van der Waals surface area contributed by atoms with Crippen molar-refractivity contribution in [3.05, 3.63) is 12.3 Å². The van der Waals surface area contributed by atoms with Crippen molar-refractivity contribution in [3.8, 4) is 0 Å². The second-order valence-electron chi connectivity index (χ2n) is 3.53. The molecule has 6 heteroatoms. The molecule has 0 aromatic heterocycles. The molecule has 1 aliphatic rings. The summed E-state index contributed by atoms with van der Waals surface area (Å²) in [6.07, 6.45) is 4.72. The number of hydrogen-bond donors (Lipinski definition) is 2. The third kappa shape index (κ3) is 4.33. The van der Waals surface area contributed by atoms with Gasteiger partial charge < -0.3 is 10.6 Å². The Labute approximate surface area is 89.8 Å². The number of rotatable bonds is 3. The van der Waals surface area contributed by atoms with E-state index < -0.39 is 9.84 Å². The van der Waals surface area contributed by atoms with Gasteiger partial charge in [-0.1, -0.05) is 13.0 Å². The van der Waals surface area contributed by atoms with Crippen LogP contribution in [0, 0.1) is 0 Å². The largest absolute Gasteiger partial charge is 0.334 e. The maximum absolute atomic E-state index is 11.2. The molecule has 0 bridgehead atoms. The van der Waals surface area contributed by atoms with Crippen molar-refractivity contribution in [3.63, 3.8) is 0 Å². The number of amides is 2. The van der Waals surface area contributed by atoms with Crippen molar-refractivity contribution < 1.29 is 13.2 Å². The van der Waals surface area contributed by atoms with Gasteiger partial charge in [-0.25, -0.2) is 13.2 Å². The number of hydrogen-bond acceptors (Lipinski definition) is 3. The lowest BCUT2D eigenvalue weighted by Gasteiger charge is -2.09. The van der Waals surface area contributed by atoms with E-state index in [0.717, 1.165) is 6.42 Å². The SMILES string of the molecule is CC/C=C/NC(=O)NC1CCS(=O)(=O)C1. The molecule has 2 N–H and O–H groups in total. The monoisotopic (exact) mass is 232 g/mol. The highest BCUT2D eigenvalue weighted by Gasteiger charge is 2.28. The molecule has 15 heavy (non-hydrogen) atoms. The van der Waals surface area contributed by atoms with Crippen LogP contribution in [-0.4, -0.2) is 32.0 Å². The third-order valence-electron chi connectivity index (χ3n) is 2.14. The summed E-state index contributed by atoms with van der Waals surface area (Å²) in [5.41, 5.74) is 0. The van der Waals surface area contributed by atoms with Crippen LogP contribution in [0.2, 0.25) is 0 Å². The maximum Gasteiger partial charge on any atom is 0.318 e. The minimum atomic E-state index is -2.93. The average molecular weight is 232 g/mol. The van der Waals surface area contributed by atoms with Crippen molar-refractivity contribution in [1.29, 1.82) is 0 Å². The molecule has 1 aliphatic heterocycles. The Bertz CT molecular complexity index is 348. The van der Waals surface area contributed by atoms with Crippen LogP contribution < -0.4 is 10.6 Å². The Morgan fingerprint density at radius 2 is 2.27 bits per heavy atom. The molecule has 86 valence electrons. The molecule has 0 radical (unpaired) electrons. The molecular weight excluding hydrogens is 216 g/mol. The summed E-state index contributed by atoms with van der Waals surface area (Å²) in [7, 11) is -2.93. The fourth-order valence-corrected chi connectivity index (χ4v) is 3.06. The van der Waals surface area contributed by atoms with E-state index in [1.165, 1.54) is 0 Å². The number of urea groups is 1. The quantitative estimate of drug-likeness (QED) is 0.739. The lowest BCUT2D eigenvalue weighted by Crippen LogP contribution is -2.40. The summed E-state index contributed by atoms with van der Waals surface area (Å²) >= 11 is 0. The molecule has 2 amide bonds. The second kappa shape index (κ2) is 5.16. The van der Waals surface area contributed by atoms with Gasteiger partial charge in [0.05, 0.1) is 11.5 Å². The topological polar surface area (TPSA) is 75.3 Å². The van der Waals surface area contributed by atoms with Crippen LogP contribution in [-0.2, 0) is 9.84 Å². The van der Waals surface area contributed by atoms with Gasteiger partial charge in [-0.3, -0.25) is 0 Å². The van der Waals surface area contributed by atoms with Crippen molar-refractivity contribution in [1.82, 2.24) is 10.6 Å². The summed E-state index contributed by atoms with van der Waals surface area (Å²) in [6.45, 7) is 1.96. The predicted molar refractivity (Wildman–Crippen MR) is 58.2 cm³/mol. The number of allylic oxidation sites excluding steroid dienone is 1. The molecule has 1 fully saturated rings. The van der Waals surface area contributed by atoms with Crippen molar-refractivity contribution in [2.45, 2.75) is 25.8 Å².